The lowest BCUT2D eigenvalue weighted by molar-refractivity contribution is -0.129. The lowest BCUT2D eigenvalue weighted by atomic mass is 9.44. The molecule has 4 aliphatic carbocycles. The maximum absolute atomic E-state index is 11.3. The van der Waals surface area contributed by atoms with Gasteiger partial charge in [0.1, 0.15) is 0 Å². The molecule has 0 aliphatic heterocycles. The average molecular weight is 481 g/mol. The van der Waals surface area contributed by atoms with Gasteiger partial charge in [0.25, 0.3) is 0 Å². The van der Waals surface area contributed by atoms with Crippen molar-refractivity contribution in [3.63, 3.8) is 0 Å². The Bertz CT molecular complexity index is 902. The first-order chi connectivity index (χ1) is 14.2. The molecule has 8 nitrogen and oxygen atoms in total. The molecule has 0 spiro atoms. The van der Waals surface area contributed by atoms with Gasteiger partial charge in [-0.15, -0.1) is 0 Å². The van der Waals surface area contributed by atoms with Crippen molar-refractivity contribution in [2.24, 2.45) is 40.4 Å². The zero-order valence-corrected chi connectivity index (χ0v) is 20.2. The van der Waals surface area contributed by atoms with Crippen molar-refractivity contribution >= 4 is 20.8 Å². The standard InChI is InChI=1S/C21H36O8S2/c1-13(28-30(22,23)24)17-6-7-18-16-5-4-14-12-15(29-31(25,26)27)8-10-20(14,2)19(16)9-11-21(17,18)3/h13-19H,4-12H2,1-3H3,(H,22,23,24)(H,25,26,27)/t13-,14+,15+,16-,17-,18+,19-,20-,21-/m0/s1. The topological polar surface area (TPSA) is 127 Å². The van der Waals surface area contributed by atoms with Crippen molar-refractivity contribution in [1.29, 1.82) is 0 Å². The lowest BCUT2D eigenvalue weighted by Crippen LogP contribution is -2.54. The maximum Gasteiger partial charge on any atom is 0.397 e. The van der Waals surface area contributed by atoms with Crippen LogP contribution < -0.4 is 0 Å². The van der Waals surface area contributed by atoms with Crippen LogP contribution in [-0.2, 0) is 29.2 Å². The first kappa shape index (κ1) is 23.9. The highest BCUT2D eigenvalue weighted by molar-refractivity contribution is 7.81. The van der Waals surface area contributed by atoms with Gasteiger partial charge in [0.15, 0.2) is 0 Å². The SMILES string of the molecule is C[C@H](OS(=O)(=O)O)[C@@H]1CC[C@@H]2[C@@H]3CC[C@@H]4C[C@H](OS(=O)(=O)O)CC[C@]4(C)[C@H]3CC[C@]21C. The van der Waals surface area contributed by atoms with Crippen molar-refractivity contribution in [3.8, 4) is 0 Å². The van der Waals surface area contributed by atoms with Gasteiger partial charge >= 0.3 is 20.8 Å². The molecule has 180 valence electrons. The average Bonchev–Trinajstić information content (AvgIpc) is 2.97. The van der Waals surface area contributed by atoms with Gasteiger partial charge in [-0.05, 0) is 105 Å². The first-order valence-corrected chi connectivity index (χ1v) is 14.3. The second-order valence-corrected chi connectivity index (χ2v) is 13.1. The normalized spacial score (nSPS) is 46.6. The maximum atomic E-state index is 11.3. The van der Waals surface area contributed by atoms with E-state index in [1.165, 1.54) is 0 Å². The second-order valence-electron chi connectivity index (χ2n) is 11.0. The van der Waals surface area contributed by atoms with E-state index in [4.69, 9.17) is 17.5 Å². The minimum absolute atomic E-state index is 0.000248. The summed E-state index contributed by atoms with van der Waals surface area (Å²) in [6.45, 7) is 6.39. The quantitative estimate of drug-likeness (QED) is 0.564. The van der Waals surface area contributed by atoms with Gasteiger partial charge in [-0.25, -0.2) is 8.37 Å². The molecule has 0 bridgehead atoms. The van der Waals surface area contributed by atoms with Gasteiger partial charge in [0.2, 0.25) is 0 Å². The Kier molecular flexibility index (Phi) is 6.09. The Morgan fingerprint density at radius 3 is 2.13 bits per heavy atom. The van der Waals surface area contributed by atoms with Crippen molar-refractivity contribution < 1.29 is 34.3 Å². The van der Waals surface area contributed by atoms with Crippen molar-refractivity contribution in [2.75, 3.05) is 0 Å². The molecule has 0 radical (unpaired) electrons. The summed E-state index contributed by atoms with van der Waals surface area (Å²) in [5, 5.41) is 0. The summed E-state index contributed by atoms with van der Waals surface area (Å²) in [6.07, 6.45) is 7.38. The lowest BCUT2D eigenvalue weighted by Gasteiger charge is -2.61. The number of hydrogen-bond acceptors (Lipinski definition) is 6. The highest BCUT2D eigenvalue weighted by atomic mass is 32.3. The van der Waals surface area contributed by atoms with Crippen LogP contribution in [0.5, 0.6) is 0 Å². The molecular formula is C21H36O8S2. The third kappa shape index (κ3) is 4.45. The molecular weight excluding hydrogens is 444 g/mol. The van der Waals surface area contributed by atoms with Crippen LogP contribution in [-0.4, -0.2) is 38.1 Å². The van der Waals surface area contributed by atoms with E-state index in [2.05, 4.69) is 13.8 Å². The van der Waals surface area contributed by atoms with Gasteiger partial charge in [-0.1, -0.05) is 13.8 Å². The molecule has 9 atom stereocenters. The number of fused-ring (bicyclic) bond motifs is 5. The molecule has 4 aliphatic rings. The fourth-order valence-corrected chi connectivity index (χ4v) is 9.59. The van der Waals surface area contributed by atoms with Crippen molar-refractivity contribution in [3.05, 3.63) is 0 Å². The molecule has 0 amide bonds. The van der Waals surface area contributed by atoms with Crippen LogP contribution in [0.2, 0.25) is 0 Å². The van der Waals surface area contributed by atoms with Crippen LogP contribution >= 0.6 is 0 Å². The van der Waals surface area contributed by atoms with Crippen LogP contribution in [0, 0.1) is 40.4 Å². The summed E-state index contributed by atoms with van der Waals surface area (Å²) in [5.41, 5.74) is 0.137. The molecule has 0 saturated heterocycles. The van der Waals surface area contributed by atoms with Crippen LogP contribution in [0.1, 0.15) is 78.6 Å². The van der Waals surface area contributed by atoms with Gasteiger partial charge < -0.3 is 0 Å². The Balaban J connectivity index is 1.50. The zero-order chi connectivity index (χ0) is 22.8. The fourth-order valence-electron chi connectivity index (χ4n) is 8.55. The Morgan fingerprint density at radius 2 is 1.48 bits per heavy atom. The minimum atomic E-state index is -4.47. The van der Waals surface area contributed by atoms with E-state index in [1.807, 2.05) is 0 Å². The van der Waals surface area contributed by atoms with Gasteiger partial charge in [-0.3, -0.25) is 9.11 Å². The summed E-state index contributed by atoms with van der Waals surface area (Å²) in [6, 6.07) is 0. The Morgan fingerprint density at radius 1 is 0.839 bits per heavy atom. The van der Waals surface area contributed by atoms with E-state index in [9.17, 15) is 16.8 Å². The van der Waals surface area contributed by atoms with Crippen LogP contribution in [0.15, 0.2) is 0 Å². The summed E-state index contributed by atoms with van der Waals surface area (Å²) < 4.78 is 73.0. The summed E-state index contributed by atoms with van der Waals surface area (Å²) >= 11 is 0. The Labute approximate surface area is 186 Å². The van der Waals surface area contributed by atoms with Crippen molar-refractivity contribution in [2.45, 2.75) is 90.8 Å². The summed E-state index contributed by atoms with van der Waals surface area (Å²) in [7, 11) is -8.89. The molecule has 4 fully saturated rings. The van der Waals surface area contributed by atoms with Crippen molar-refractivity contribution in [1.82, 2.24) is 0 Å². The van der Waals surface area contributed by atoms with Crippen LogP contribution in [0.3, 0.4) is 0 Å². The molecule has 0 heterocycles. The van der Waals surface area contributed by atoms with Gasteiger partial charge in [0, 0.05) is 0 Å². The van der Waals surface area contributed by atoms with E-state index in [1.54, 1.807) is 6.92 Å². The number of hydrogen-bond donors (Lipinski definition) is 2. The molecule has 0 aromatic carbocycles. The van der Waals surface area contributed by atoms with E-state index in [0.29, 0.717) is 36.5 Å². The predicted octanol–water partition coefficient (Wildman–Crippen LogP) is 4.04. The van der Waals surface area contributed by atoms with Gasteiger partial charge in [0.05, 0.1) is 12.2 Å². The third-order valence-corrected chi connectivity index (χ3v) is 10.9. The van der Waals surface area contributed by atoms with Crippen LogP contribution in [0.25, 0.3) is 0 Å². The predicted molar refractivity (Wildman–Crippen MR) is 114 cm³/mol. The molecule has 0 unspecified atom stereocenters. The first-order valence-electron chi connectivity index (χ1n) is 11.5. The largest absolute Gasteiger partial charge is 0.397 e. The molecule has 4 rings (SSSR count). The molecule has 0 aromatic heterocycles. The monoisotopic (exact) mass is 480 g/mol. The number of rotatable bonds is 5. The molecule has 2 N–H and O–H groups in total. The van der Waals surface area contributed by atoms with E-state index in [0.717, 1.165) is 44.9 Å². The Hall–Kier alpha value is -0.260. The molecule has 31 heavy (non-hydrogen) atoms. The highest BCUT2D eigenvalue weighted by Gasteiger charge is 2.61. The third-order valence-electron chi connectivity index (χ3n) is 9.79. The molecule has 0 aromatic rings. The molecule has 10 heteroatoms. The van der Waals surface area contributed by atoms with Crippen LogP contribution in [0.4, 0.5) is 0 Å². The smallest absolute Gasteiger partial charge is 0.264 e. The second kappa shape index (κ2) is 7.91. The highest BCUT2D eigenvalue weighted by Crippen LogP contribution is 2.68. The van der Waals surface area contributed by atoms with E-state index >= 15 is 0 Å². The summed E-state index contributed by atoms with van der Waals surface area (Å²) in [4.78, 5) is 0. The summed E-state index contributed by atoms with van der Waals surface area (Å²) in [5.74, 6) is 2.13. The fraction of sp³-hybridized carbons (Fsp3) is 1.00. The van der Waals surface area contributed by atoms with Gasteiger partial charge in [-0.2, -0.15) is 16.8 Å². The zero-order valence-electron chi connectivity index (χ0n) is 18.6. The van der Waals surface area contributed by atoms with E-state index in [-0.39, 0.29) is 16.7 Å². The van der Waals surface area contributed by atoms with E-state index < -0.39 is 33.0 Å². The minimum Gasteiger partial charge on any atom is -0.264 e. The molecule has 4 saturated carbocycles.